The van der Waals surface area contributed by atoms with Gasteiger partial charge in [-0.2, -0.15) is 0 Å². The van der Waals surface area contributed by atoms with Gasteiger partial charge in [0.2, 0.25) is 0 Å². The van der Waals surface area contributed by atoms with Gasteiger partial charge in [-0.25, -0.2) is 18.6 Å². The van der Waals surface area contributed by atoms with Crippen molar-refractivity contribution in [2.45, 2.75) is 57.6 Å². The number of carbonyl (C=O) groups is 1. The number of halogens is 3. The molecule has 24 heavy (non-hydrogen) atoms. The number of nitrogens with zero attached hydrogens (tertiary/aromatic N) is 1. The third kappa shape index (κ3) is 5.03. The summed E-state index contributed by atoms with van der Waals surface area (Å²) in [7, 11) is 0. The fraction of sp³-hybridized carbons (Fsp3) is 0.625. The number of carbonyl (C=O) groups excluding carboxylic acids is 1. The number of nitrogens with one attached hydrogen (secondary N) is 1. The Labute approximate surface area is 148 Å². The van der Waals surface area contributed by atoms with Crippen LogP contribution in [0.2, 0.25) is 0 Å². The van der Waals surface area contributed by atoms with E-state index in [1.165, 1.54) is 12.1 Å². The van der Waals surface area contributed by atoms with Crippen LogP contribution < -0.4 is 10.1 Å². The maximum absolute atomic E-state index is 13.1. The molecule has 0 bridgehead atoms. The van der Waals surface area contributed by atoms with Crippen molar-refractivity contribution >= 4 is 22.0 Å². The molecule has 1 fully saturated rings. The number of aromatic nitrogens is 1. The minimum absolute atomic E-state index is 0.0189. The molecule has 1 aromatic heterocycles. The molecular formula is C16H21BrF2N2O3. The number of amides is 1. The third-order valence-corrected chi connectivity index (χ3v) is 4.08. The molecule has 1 heterocycles. The van der Waals surface area contributed by atoms with E-state index in [4.69, 9.17) is 9.47 Å². The van der Waals surface area contributed by atoms with Gasteiger partial charge in [0.15, 0.2) is 0 Å². The van der Waals surface area contributed by atoms with Crippen LogP contribution in [0.1, 0.15) is 52.2 Å². The molecule has 0 aromatic carbocycles. The summed E-state index contributed by atoms with van der Waals surface area (Å²) in [5.74, 6) is 0.0189. The first kappa shape index (κ1) is 18.9. The van der Waals surface area contributed by atoms with Crippen molar-refractivity contribution in [2.24, 2.45) is 0 Å². The van der Waals surface area contributed by atoms with Gasteiger partial charge in [0.05, 0.1) is 5.54 Å². The largest absolute Gasteiger partial charge is 0.489 e. The quantitative estimate of drug-likeness (QED) is 0.725. The monoisotopic (exact) mass is 406 g/mol. The summed E-state index contributed by atoms with van der Waals surface area (Å²) in [5, 5.41) is 2.81. The van der Waals surface area contributed by atoms with Crippen LogP contribution >= 0.6 is 15.9 Å². The molecular weight excluding hydrogens is 386 g/mol. The summed E-state index contributed by atoms with van der Waals surface area (Å²) < 4.78 is 37.3. The minimum atomic E-state index is -2.74. The van der Waals surface area contributed by atoms with E-state index in [0.717, 1.165) is 6.42 Å². The Hall–Kier alpha value is -1.44. The number of hydrogen-bond donors (Lipinski definition) is 1. The molecule has 1 aromatic rings. The van der Waals surface area contributed by atoms with Crippen LogP contribution in [0.3, 0.4) is 0 Å². The van der Waals surface area contributed by atoms with Crippen LogP contribution in [0.5, 0.6) is 5.75 Å². The van der Waals surface area contributed by atoms with E-state index in [2.05, 4.69) is 26.2 Å². The lowest BCUT2D eigenvalue weighted by molar-refractivity contribution is 0.0287. The predicted octanol–water partition coefficient (Wildman–Crippen LogP) is 4.61. The number of hydrogen-bond acceptors (Lipinski definition) is 4. The summed E-state index contributed by atoms with van der Waals surface area (Å²) in [6.07, 6.45) is -0.928. The Morgan fingerprint density at radius 2 is 2.08 bits per heavy atom. The molecule has 0 saturated heterocycles. The van der Waals surface area contributed by atoms with E-state index in [1.54, 1.807) is 20.8 Å². The second-order valence-corrected chi connectivity index (χ2v) is 7.68. The Bertz CT molecular complexity index is 601. The van der Waals surface area contributed by atoms with Gasteiger partial charge >= 0.3 is 6.09 Å². The second kappa shape index (κ2) is 7.21. The zero-order valence-electron chi connectivity index (χ0n) is 13.9. The van der Waals surface area contributed by atoms with Crippen molar-refractivity contribution in [3.8, 4) is 5.75 Å². The molecule has 1 aliphatic rings. The van der Waals surface area contributed by atoms with Crippen LogP contribution in [0, 0.1) is 0 Å². The van der Waals surface area contributed by atoms with Crippen LogP contribution in [-0.4, -0.2) is 28.8 Å². The minimum Gasteiger partial charge on any atom is -0.489 e. The van der Waals surface area contributed by atoms with Crippen LogP contribution in [0.4, 0.5) is 13.6 Å². The van der Waals surface area contributed by atoms with Gasteiger partial charge in [0, 0.05) is 0 Å². The van der Waals surface area contributed by atoms with E-state index in [9.17, 15) is 13.6 Å². The van der Waals surface area contributed by atoms with Crippen molar-refractivity contribution in [2.75, 3.05) is 6.61 Å². The van der Waals surface area contributed by atoms with Crippen molar-refractivity contribution in [1.82, 2.24) is 10.3 Å². The van der Waals surface area contributed by atoms with Gasteiger partial charge in [-0.05, 0) is 68.1 Å². The average Bonchev–Trinajstić information content (AvgIpc) is 2.40. The lowest BCUT2D eigenvalue weighted by Crippen LogP contribution is -2.58. The van der Waals surface area contributed by atoms with Crippen molar-refractivity contribution < 1.29 is 23.0 Å². The van der Waals surface area contributed by atoms with Crippen molar-refractivity contribution in [3.05, 3.63) is 22.4 Å². The normalized spacial score (nSPS) is 16.5. The van der Waals surface area contributed by atoms with E-state index < -0.39 is 29.4 Å². The highest BCUT2D eigenvalue weighted by Gasteiger charge is 2.40. The Balaban J connectivity index is 2.02. The zero-order chi connectivity index (χ0) is 18.0. The lowest BCUT2D eigenvalue weighted by Gasteiger charge is -2.42. The van der Waals surface area contributed by atoms with Crippen molar-refractivity contribution in [3.63, 3.8) is 0 Å². The Kier molecular flexibility index (Phi) is 5.67. The Morgan fingerprint density at radius 1 is 1.42 bits per heavy atom. The molecule has 1 N–H and O–H groups in total. The fourth-order valence-electron chi connectivity index (χ4n) is 2.36. The standard InChI is InChI=1S/C16H21BrF2N2O3/c1-15(2,3)24-14(22)21-16(7-4-8-16)9-23-10-5-6-11(17)20-12(10)13(18)19/h5-6,13H,4,7-9H2,1-3H3,(H,21,22). The average molecular weight is 407 g/mol. The van der Waals surface area contributed by atoms with E-state index in [1.807, 2.05) is 0 Å². The number of alkyl carbamates (subject to hydrolysis) is 1. The topological polar surface area (TPSA) is 60.5 Å². The van der Waals surface area contributed by atoms with Crippen LogP contribution in [-0.2, 0) is 4.74 Å². The van der Waals surface area contributed by atoms with Crippen LogP contribution in [0.15, 0.2) is 16.7 Å². The van der Waals surface area contributed by atoms with Crippen molar-refractivity contribution in [1.29, 1.82) is 0 Å². The molecule has 1 amide bonds. The Morgan fingerprint density at radius 3 is 2.58 bits per heavy atom. The maximum Gasteiger partial charge on any atom is 0.408 e. The number of pyridine rings is 1. The second-order valence-electron chi connectivity index (χ2n) is 6.87. The number of alkyl halides is 2. The van der Waals surface area contributed by atoms with E-state index in [-0.39, 0.29) is 12.4 Å². The summed E-state index contributed by atoms with van der Waals surface area (Å²) >= 11 is 3.07. The molecule has 0 unspecified atom stereocenters. The highest BCUT2D eigenvalue weighted by molar-refractivity contribution is 9.10. The highest BCUT2D eigenvalue weighted by Crippen LogP contribution is 2.35. The predicted molar refractivity (Wildman–Crippen MR) is 88.3 cm³/mol. The van der Waals surface area contributed by atoms with E-state index in [0.29, 0.717) is 17.4 Å². The first-order valence-corrected chi connectivity index (χ1v) is 8.48. The van der Waals surface area contributed by atoms with Gasteiger partial charge in [-0.15, -0.1) is 0 Å². The van der Waals surface area contributed by atoms with Gasteiger partial charge in [-0.3, -0.25) is 0 Å². The SMILES string of the molecule is CC(C)(C)OC(=O)NC1(COc2ccc(Br)nc2C(F)F)CCC1. The van der Waals surface area contributed by atoms with Gasteiger partial charge in [-0.1, -0.05) is 0 Å². The van der Waals surface area contributed by atoms with Crippen LogP contribution in [0.25, 0.3) is 0 Å². The summed E-state index contributed by atoms with van der Waals surface area (Å²) in [5.41, 5.74) is -1.61. The molecule has 0 aliphatic heterocycles. The molecule has 0 spiro atoms. The summed E-state index contributed by atoms with van der Waals surface area (Å²) in [6, 6.07) is 2.98. The lowest BCUT2D eigenvalue weighted by atomic mass is 9.77. The number of rotatable bonds is 5. The first-order valence-electron chi connectivity index (χ1n) is 7.69. The van der Waals surface area contributed by atoms with Gasteiger partial charge in [0.1, 0.15) is 28.3 Å². The summed E-state index contributed by atoms with van der Waals surface area (Å²) in [4.78, 5) is 15.7. The molecule has 2 rings (SSSR count). The smallest absolute Gasteiger partial charge is 0.408 e. The maximum atomic E-state index is 13.1. The zero-order valence-corrected chi connectivity index (χ0v) is 15.5. The van der Waals surface area contributed by atoms with E-state index >= 15 is 0 Å². The third-order valence-electron chi connectivity index (χ3n) is 3.64. The molecule has 1 saturated carbocycles. The fourth-order valence-corrected chi connectivity index (χ4v) is 2.68. The molecule has 5 nitrogen and oxygen atoms in total. The summed E-state index contributed by atoms with van der Waals surface area (Å²) in [6.45, 7) is 5.42. The van der Waals surface area contributed by atoms with Gasteiger partial charge < -0.3 is 14.8 Å². The molecule has 134 valence electrons. The molecule has 1 aliphatic carbocycles. The highest BCUT2D eigenvalue weighted by atomic mass is 79.9. The molecule has 0 radical (unpaired) electrons. The number of ether oxygens (including phenoxy) is 2. The first-order chi connectivity index (χ1) is 11.1. The van der Waals surface area contributed by atoms with Gasteiger partial charge in [0.25, 0.3) is 6.43 Å². The molecule has 0 atom stereocenters. The molecule has 8 heteroatoms.